The minimum absolute atomic E-state index is 0.498. The van der Waals surface area contributed by atoms with Crippen molar-refractivity contribution in [3.05, 3.63) is 58.1 Å². The molecule has 2 aromatic carbocycles. The third-order valence-electron chi connectivity index (χ3n) is 3.15. The van der Waals surface area contributed by atoms with Gasteiger partial charge in [0.15, 0.2) is 0 Å². The van der Waals surface area contributed by atoms with Crippen molar-refractivity contribution in [3.8, 4) is 11.5 Å². The predicted octanol–water partition coefficient (Wildman–Crippen LogP) is 5.08. The third kappa shape index (κ3) is 3.84. The highest BCUT2D eigenvalue weighted by atomic mass is 79.9. The molecule has 0 unspecified atom stereocenters. The second kappa shape index (κ2) is 6.91. The molecule has 2 aromatic rings. The van der Waals surface area contributed by atoms with Crippen LogP contribution in [0.5, 0.6) is 11.5 Å². The fourth-order valence-electron chi connectivity index (χ4n) is 2.02. The standard InChI is InChI=1S/C17H20BrNO/c1-12(2)13-5-4-6-16(9-13)20-17-10-15(18)8-7-14(17)11-19-3/h4-10,12,19H,11H2,1-3H3. The maximum absolute atomic E-state index is 6.06. The molecule has 0 saturated carbocycles. The van der Waals surface area contributed by atoms with Gasteiger partial charge in [0.25, 0.3) is 0 Å². The van der Waals surface area contributed by atoms with Crippen molar-refractivity contribution in [1.29, 1.82) is 0 Å². The SMILES string of the molecule is CNCc1ccc(Br)cc1Oc1cccc(C(C)C)c1. The van der Waals surface area contributed by atoms with Gasteiger partial charge in [0.05, 0.1) is 0 Å². The van der Waals surface area contributed by atoms with Gasteiger partial charge < -0.3 is 10.1 Å². The molecule has 20 heavy (non-hydrogen) atoms. The Morgan fingerprint density at radius 2 is 1.95 bits per heavy atom. The van der Waals surface area contributed by atoms with Crippen LogP contribution in [0, 0.1) is 0 Å². The molecule has 0 aliphatic rings. The highest BCUT2D eigenvalue weighted by Gasteiger charge is 2.07. The molecule has 0 spiro atoms. The summed E-state index contributed by atoms with van der Waals surface area (Å²) in [6.45, 7) is 5.15. The number of hydrogen-bond donors (Lipinski definition) is 1. The monoisotopic (exact) mass is 333 g/mol. The first-order valence-electron chi connectivity index (χ1n) is 6.81. The summed E-state index contributed by atoms with van der Waals surface area (Å²) in [6.07, 6.45) is 0. The molecule has 0 aromatic heterocycles. The van der Waals surface area contributed by atoms with E-state index in [9.17, 15) is 0 Å². The Morgan fingerprint density at radius 3 is 2.65 bits per heavy atom. The highest BCUT2D eigenvalue weighted by molar-refractivity contribution is 9.10. The maximum Gasteiger partial charge on any atom is 0.133 e. The van der Waals surface area contributed by atoms with E-state index in [-0.39, 0.29) is 0 Å². The van der Waals surface area contributed by atoms with Crippen LogP contribution in [-0.4, -0.2) is 7.05 Å². The molecule has 1 N–H and O–H groups in total. The summed E-state index contributed by atoms with van der Waals surface area (Å²) in [6, 6.07) is 14.4. The fourth-order valence-corrected chi connectivity index (χ4v) is 2.36. The van der Waals surface area contributed by atoms with E-state index in [1.165, 1.54) is 5.56 Å². The van der Waals surface area contributed by atoms with E-state index in [4.69, 9.17) is 4.74 Å². The first-order valence-corrected chi connectivity index (χ1v) is 7.60. The average Bonchev–Trinajstić information content (AvgIpc) is 2.42. The van der Waals surface area contributed by atoms with E-state index >= 15 is 0 Å². The number of rotatable bonds is 5. The molecular weight excluding hydrogens is 314 g/mol. The van der Waals surface area contributed by atoms with E-state index in [0.29, 0.717) is 5.92 Å². The molecule has 3 heteroatoms. The topological polar surface area (TPSA) is 21.3 Å². The van der Waals surface area contributed by atoms with Gasteiger partial charge in [0.1, 0.15) is 11.5 Å². The van der Waals surface area contributed by atoms with Gasteiger partial charge in [0.2, 0.25) is 0 Å². The van der Waals surface area contributed by atoms with Crippen LogP contribution in [0.1, 0.15) is 30.9 Å². The van der Waals surface area contributed by atoms with Crippen molar-refractivity contribution in [2.75, 3.05) is 7.05 Å². The Kier molecular flexibility index (Phi) is 5.21. The summed E-state index contributed by atoms with van der Waals surface area (Å²) in [7, 11) is 1.94. The molecule has 0 fully saturated rings. The van der Waals surface area contributed by atoms with Crippen molar-refractivity contribution in [2.24, 2.45) is 0 Å². The van der Waals surface area contributed by atoms with Crippen molar-refractivity contribution in [1.82, 2.24) is 5.32 Å². The molecule has 106 valence electrons. The Hall–Kier alpha value is -1.32. The molecule has 0 heterocycles. The molecule has 2 nitrogen and oxygen atoms in total. The lowest BCUT2D eigenvalue weighted by Crippen LogP contribution is -2.06. The van der Waals surface area contributed by atoms with Crippen LogP contribution in [0.4, 0.5) is 0 Å². The van der Waals surface area contributed by atoms with Crippen LogP contribution < -0.4 is 10.1 Å². The van der Waals surface area contributed by atoms with Gasteiger partial charge in [0, 0.05) is 16.6 Å². The van der Waals surface area contributed by atoms with Gasteiger partial charge in [-0.05, 0) is 42.8 Å². The number of benzene rings is 2. The van der Waals surface area contributed by atoms with Crippen molar-refractivity contribution >= 4 is 15.9 Å². The van der Waals surface area contributed by atoms with Gasteiger partial charge >= 0.3 is 0 Å². The minimum atomic E-state index is 0.498. The van der Waals surface area contributed by atoms with E-state index in [1.54, 1.807) is 0 Å². The lowest BCUT2D eigenvalue weighted by molar-refractivity contribution is 0.473. The van der Waals surface area contributed by atoms with Crippen LogP contribution in [0.15, 0.2) is 46.9 Å². The smallest absolute Gasteiger partial charge is 0.133 e. The molecule has 0 amide bonds. The van der Waals surface area contributed by atoms with Crippen molar-refractivity contribution < 1.29 is 4.74 Å². The van der Waals surface area contributed by atoms with E-state index in [1.807, 2.05) is 31.3 Å². The highest BCUT2D eigenvalue weighted by Crippen LogP contribution is 2.30. The molecule has 2 rings (SSSR count). The number of halogens is 1. The quantitative estimate of drug-likeness (QED) is 0.823. The largest absolute Gasteiger partial charge is 0.457 e. The summed E-state index contributed by atoms with van der Waals surface area (Å²) in [5, 5.41) is 3.16. The Labute approximate surface area is 129 Å². The second-order valence-corrected chi connectivity index (χ2v) is 6.03. The van der Waals surface area contributed by atoms with Crippen LogP contribution in [0.25, 0.3) is 0 Å². The first-order chi connectivity index (χ1) is 9.60. The zero-order chi connectivity index (χ0) is 14.5. The fraction of sp³-hybridized carbons (Fsp3) is 0.294. The molecule has 0 atom stereocenters. The van der Waals surface area contributed by atoms with Crippen molar-refractivity contribution in [3.63, 3.8) is 0 Å². The third-order valence-corrected chi connectivity index (χ3v) is 3.64. The van der Waals surface area contributed by atoms with E-state index in [0.717, 1.165) is 28.1 Å². The average molecular weight is 334 g/mol. The van der Waals surface area contributed by atoms with Crippen LogP contribution in [-0.2, 0) is 6.54 Å². The van der Waals surface area contributed by atoms with Gasteiger partial charge in [-0.25, -0.2) is 0 Å². The molecule has 0 aliphatic heterocycles. The van der Waals surface area contributed by atoms with Crippen LogP contribution in [0.3, 0.4) is 0 Å². The molecule has 0 aliphatic carbocycles. The normalized spacial score (nSPS) is 10.8. The van der Waals surface area contributed by atoms with Gasteiger partial charge in [-0.15, -0.1) is 0 Å². The molecule has 0 radical (unpaired) electrons. The van der Waals surface area contributed by atoms with E-state index in [2.05, 4.69) is 53.3 Å². The van der Waals surface area contributed by atoms with E-state index < -0.39 is 0 Å². The summed E-state index contributed by atoms with van der Waals surface area (Å²) in [5.41, 5.74) is 2.43. The maximum atomic E-state index is 6.06. The van der Waals surface area contributed by atoms with Crippen molar-refractivity contribution in [2.45, 2.75) is 26.3 Å². The Morgan fingerprint density at radius 1 is 1.15 bits per heavy atom. The Bertz CT molecular complexity index is 581. The molecular formula is C17H20BrNO. The summed E-state index contributed by atoms with van der Waals surface area (Å²) < 4.78 is 7.08. The predicted molar refractivity (Wildman–Crippen MR) is 87.5 cm³/mol. The van der Waals surface area contributed by atoms with Crippen LogP contribution >= 0.6 is 15.9 Å². The van der Waals surface area contributed by atoms with Gasteiger partial charge in [-0.1, -0.05) is 48.0 Å². The van der Waals surface area contributed by atoms with Crippen LogP contribution in [0.2, 0.25) is 0 Å². The van der Waals surface area contributed by atoms with Gasteiger partial charge in [-0.2, -0.15) is 0 Å². The number of nitrogens with one attached hydrogen (secondary N) is 1. The first kappa shape index (κ1) is 15.1. The zero-order valence-corrected chi connectivity index (χ0v) is 13.7. The zero-order valence-electron chi connectivity index (χ0n) is 12.1. The molecule has 0 bridgehead atoms. The summed E-state index contributed by atoms with van der Waals surface area (Å²) in [5.74, 6) is 2.26. The minimum Gasteiger partial charge on any atom is -0.457 e. The second-order valence-electron chi connectivity index (χ2n) is 5.11. The number of ether oxygens (including phenoxy) is 1. The lowest BCUT2D eigenvalue weighted by Gasteiger charge is -2.13. The lowest BCUT2D eigenvalue weighted by atomic mass is 10.0. The van der Waals surface area contributed by atoms with Gasteiger partial charge in [-0.3, -0.25) is 0 Å². The molecule has 0 saturated heterocycles. The Balaban J connectivity index is 2.29. The summed E-state index contributed by atoms with van der Waals surface area (Å²) >= 11 is 3.50. The summed E-state index contributed by atoms with van der Waals surface area (Å²) in [4.78, 5) is 0. The number of hydrogen-bond acceptors (Lipinski definition) is 2.